The minimum absolute atomic E-state index is 0.330. The molecule has 1 saturated carbocycles. The lowest BCUT2D eigenvalue weighted by molar-refractivity contribution is 0.124. The van der Waals surface area contributed by atoms with E-state index in [2.05, 4.69) is 29.1 Å². The molecule has 1 aliphatic carbocycles. The number of aromatic nitrogens is 1. The largest absolute Gasteiger partial charge is 0.396 e. The fraction of sp³-hybridized carbons (Fsp3) is 0.500. The summed E-state index contributed by atoms with van der Waals surface area (Å²) in [7, 11) is 2.16. The molecule has 0 saturated heterocycles. The van der Waals surface area contributed by atoms with Gasteiger partial charge in [-0.2, -0.15) is 0 Å². The minimum atomic E-state index is 0.330. The number of halogens is 1. The van der Waals surface area contributed by atoms with Gasteiger partial charge in [0, 0.05) is 30.1 Å². The maximum Gasteiger partial charge on any atom is 0.134 e. The SMILES string of the molecule is CN(Cc1cc2ccccc2nc1Cl)C1CCC(CO)CC1. The Labute approximate surface area is 136 Å². The number of benzene rings is 1. The molecule has 1 aromatic heterocycles. The van der Waals surface area contributed by atoms with Crippen LogP contribution in [0.25, 0.3) is 10.9 Å². The van der Waals surface area contributed by atoms with Gasteiger partial charge in [-0.15, -0.1) is 0 Å². The zero-order chi connectivity index (χ0) is 15.5. The van der Waals surface area contributed by atoms with Gasteiger partial charge in [-0.3, -0.25) is 4.90 Å². The van der Waals surface area contributed by atoms with E-state index in [-0.39, 0.29) is 0 Å². The molecule has 0 unspecified atom stereocenters. The summed E-state index contributed by atoms with van der Waals surface area (Å²) in [4.78, 5) is 6.89. The summed E-state index contributed by atoms with van der Waals surface area (Å²) in [6, 6.07) is 10.8. The third kappa shape index (κ3) is 3.43. The molecule has 0 amide bonds. The summed E-state index contributed by atoms with van der Waals surface area (Å²) in [6.45, 7) is 1.15. The first-order chi connectivity index (χ1) is 10.7. The van der Waals surface area contributed by atoms with Gasteiger partial charge in [0.15, 0.2) is 0 Å². The Hall–Kier alpha value is -1.16. The monoisotopic (exact) mass is 318 g/mol. The molecule has 1 aromatic carbocycles. The van der Waals surface area contributed by atoms with Crippen LogP contribution in [0.1, 0.15) is 31.2 Å². The topological polar surface area (TPSA) is 36.4 Å². The lowest BCUT2D eigenvalue weighted by Crippen LogP contribution is -2.35. The first kappa shape index (κ1) is 15.7. The number of pyridine rings is 1. The van der Waals surface area contributed by atoms with Crippen LogP contribution in [0, 0.1) is 5.92 Å². The smallest absolute Gasteiger partial charge is 0.134 e. The maximum atomic E-state index is 9.25. The van der Waals surface area contributed by atoms with Gasteiger partial charge >= 0.3 is 0 Å². The van der Waals surface area contributed by atoms with Crippen molar-refractivity contribution in [3.8, 4) is 0 Å². The number of aliphatic hydroxyl groups is 1. The van der Waals surface area contributed by atoms with Gasteiger partial charge < -0.3 is 5.11 Å². The molecule has 3 rings (SSSR count). The van der Waals surface area contributed by atoms with Crippen LogP contribution in [0.15, 0.2) is 30.3 Å². The van der Waals surface area contributed by atoms with Crippen molar-refractivity contribution in [3.63, 3.8) is 0 Å². The van der Waals surface area contributed by atoms with Crippen LogP contribution in [0.4, 0.5) is 0 Å². The van der Waals surface area contributed by atoms with Crippen molar-refractivity contribution in [2.24, 2.45) is 5.92 Å². The van der Waals surface area contributed by atoms with E-state index in [1.54, 1.807) is 0 Å². The van der Waals surface area contributed by atoms with Crippen molar-refractivity contribution in [1.29, 1.82) is 0 Å². The Balaban J connectivity index is 1.71. The van der Waals surface area contributed by atoms with E-state index in [1.165, 1.54) is 0 Å². The van der Waals surface area contributed by atoms with E-state index in [4.69, 9.17) is 11.6 Å². The van der Waals surface area contributed by atoms with Crippen LogP contribution < -0.4 is 0 Å². The molecule has 0 bridgehead atoms. The molecule has 0 aliphatic heterocycles. The molecule has 118 valence electrons. The second-order valence-electron chi connectivity index (χ2n) is 6.40. The van der Waals surface area contributed by atoms with Crippen LogP contribution >= 0.6 is 11.6 Å². The zero-order valence-electron chi connectivity index (χ0n) is 13.0. The minimum Gasteiger partial charge on any atom is -0.396 e. The molecule has 0 atom stereocenters. The van der Waals surface area contributed by atoms with E-state index in [9.17, 15) is 5.11 Å². The molecular formula is C18H23ClN2O. The van der Waals surface area contributed by atoms with Gasteiger partial charge in [0.1, 0.15) is 5.15 Å². The highest BCUT2D eigenvalue weighted by Gasteiger charge is 2.24. The Kier molecular flexibility index (Phi) is 4.97. The molecule has 1 N–H and O–H groups in total. The number of fused-ring (bicyclic) bond motifs is 1. The first-order valence-electron chi connectivity index (χ1n) is 8.02. The summed E-state index contributed by atoms with van der Waals surface area (Å²) >= 11 is 6.36. The van der Waals surface area contributed by atoms with Gasteiger partial charge in [0.25, 0.3) is 0 Å². The number of hydrogen-bond donors (Lipinski definition) is 1. The highest BCUT2D eigenvalue weighted by atomic mass is 35.5. The fourth-order valence-corrected chi connectivity index (χ4v) is 3.62. The lowest BCUT2D eigenvalue weighted by atomic mass is 9.86. The van der Waals surface area contributed by atoms with E-state index in [0.29, 0.717) is 23.7 Å². The average Bonchev–Trinajstić information content (AvgIpc) is 2.55. The van der Waals surface area contributed by atoms with Gasteiger partial charge in [-0.05, 0) is 50.8 Å². The third-order valence-electron chi connectivity index (χ3n) is 4.87. The number of rotatable bonds is 4. The summed E-state index contributed by atoms with van der Waals surface area (Å²) in [5.41, 5.74) is 2.04. The van der Waals surface area contributed by atoms with E-state index < -0.39 is 0 Å². The van der Waals surface area contributed by atoms with Crippen LogP contribution in [-0.4, -0.2) is 34.7 Å². The van der Waals surface area contributed by atoms with Gasteiger partial charge in [-0.25, -0.2) is 4.98 Å². The summed E-state index contributed by atoms with van der Waals surface area (Å²) in [5.74, 6) is 0.496. The quantitative estimate of drug-likeness (QED) is 0.869. The van der Waals surface area contributed by atoms with Gasteiger partial charge in [0.2, 0.25) is 0 Å². The Morgan fingerprint density at radius 2 is 1.95 bits per heavy atom. The van der Waals surface area contributed by atoms with Crippen molar-refractivity contribution >= 4 is 22.5 Å². The highest BCUT2D eigenvalue weighted by Crippen LogP contribution is 2.29. The second-order valence-corrected chi connectivity index (χ2v) is 6.76. The van der Waals surface area contributed by atoms with Crippen molar-refractivity contribution < 1.29 is 5.11 Å². The Bertz CT molecular complexity index is 638. The zero-order valence-corrected chi connectivity index (χ0v) is 13.8. The maximum absolute atomic E-state index is 9.25. The van der Waals surface area contributed by atoms with Crippen LogP contribution in [-0.2, 0) is 6.54 Å². The van der Waals surface area contributed by atoms with Crippen molar-refractivity contribution in [1.82, 2.24) is 9.88 Å². The molecule has 1 fully saturated rings. The molecule has 2 aromatic rings. The van der Waals surface area contributed by atoms with Gasteiger partial charge in [-0.1, -0.05) is 29.8 Å². The van der Waals surface area contributed by atoms with Crippen LogP contribution in [0.3, 0.4) is 0 Å². The molecule has 3 nitrogen and oxygen atoms in total. The van der Waals surface area contributed by atoms with E-state index in [0.717, 1.165) is 48.7 Å². The second kappa shape index (κ2) is 6.95. The van der Waals surface area contributed by atoms with Crippen molar-refractivity contribution in [3.05, 3.63) is 41.0 Å². The molecule has 1 heterocycles. The lowest BCUT2D eigenvalue weighted by Gasteiger charge is -2.34. The fourth-order valence-electron chi connectivity index (χ4n) is 3.41. The normalized spacial score (nSPS) is 22.4. The molecule has 22 heavy (non-hydrogen) atoms. The molecule has 4 heteroatoms. The highest BCUT2D eigenvalue weighted by molar-refractivity contribution is 6.30. The number of para-hydroxylation sites is 1. The molecule has 1 aliphatic rings. The third-order valence-corrected chi connectivity index (χ3v) is 5.19. The number of hydrogen-bond acceptors (Lipinski definition) is 3. The summed E-state index contributed by atoms with van der Waals surface area (Å²) < 4.78 is 0. The van der Waals surface area contributed by atoms with Crippen LogP contribution in [0.2, 0.25) is 5.15 Å². The Morgan fingerprint density at radius 1 is 1.23 bits per heavy atom. The van der Waals surface area contributed by atoms with E-state index >= 15 is 0 Å². The standard InChI is InChI=1S/C18H23ClN2O/c1-21(16-8-6-13(12-22)7-9-16)11-15-10-14-4-2-3-5-17(14)20-18(15)19/h2-5,10,13,16,22H,6-9,11-12H2,1H3. The predicted molar refractivity (Wildman–Crippen MR) is 91.1 cm³/mol. The molecular weight excluding hydrogens is 296 g/mol. The molecule has 0 spiro atoms. The van der Waals surface area contributed by atoms with Crippen molar-refractivity contribution in [2.75, 3.05) is 13.7 Å². The molecule has 0 radical (unpaired) electrons. The number of nitrogens with zero attached hydrogens (tertiary/aromatic N) is 2. The average molecular weight is 319 g/mol. The van der Waals surface area contributed by atoms with E-state index in [1.807, 2.05) is 18.2 Å². The van der Waals surface area contributed by atoms with Crippen LogP contribution in [0.5, 0.6) is 0 Å². The predicted octanol–water partition coefficient (Wildman–Crippen LogP) is 3.87. The summed E-state index contributed by atoms with van der Waals surface area (Å²) in [5, 5.41) is 11.0. The summed E-state index contributed by atoms with van der Waals surface area (Å²) in [6.07, 6.45) is 4.55. The van der Waals surface area contributed by atoms with Crippen molar-refractivity contribution in [2.45, 2.75) is 38.3 Å². The van der Waals surface area contributed by atoms with Gasteiger partial charge in [0.05, 0.1) is 5.52 Å². The Morgan fingerprint density at radius 3 is 2.68 bits per heavy atom. The first-order valence-corrected chi connectivity index (χ1v) is 8.40. The number of aliphatic hydroxyl groups excluding tert-OH is 1.